The van der Waals surface area contributed by atoms with Crippen LogP contribution in [0.1, 0.15) is 32.3 Å². The van der Waals surface area contributed by atoms with Gasteiger partial charge < -0.3 is 5.32 Å². The maximum atomic E-state index is 4.79. The minimum absolute atomic E-state index is 0.572. The Morgan fingerprint density at radius 2 is 1.95 bits per heavy atom. The van der Waals surface area contributed by atoms with Gasteiger partial charge in [0.15, 0.2) is 0 Å². The minimum atomic E-state index is 0.572. The van der Waals surface area contributed by atoms with Crippen molar-refractivity contribution in [2.75, 3.05) is 5.32 Å². The minimum Gasteiger partial charge on any atom is -0.367 e. The lowest BCUT2D eigenvalue weighted by Gasteiger charge is -2.21. The van der Waals surface area contributed by atoms with Crippen LogP contribution >= 0.6 is 0 Å². The van der Waals surface area contributed by atoms with E-state index in [1.165, 1.54) is 23.8 Å². The zero-order chi connectivity index (χ0) is 13.4. The third kappa shape index (κ3) is 2.32. The summed E-state index contributed by atoms with van der Waals surface area (Å²) in [6, 6.07) is 11.1. The van der Waals surface area contributed by atoms with Crippen molar-refractivity contribution < 1.29 is 0 Å². The third-order valence-corrected chi connectivity index (χ3v) is 4.70. The average Bonchev–Trinajstić information content (AvgIpc) is 2.71. The van der Waals surface area contributed by atoms with Crippen LogP contribution in [0.4, 0.5) is 5.82 Å². The number of nitrogens with zero attached hydrogens (tertiary/aromatic N) is 1. The number of anilines is 1. The molecule has 0 spiro atoms. The summed E-state index contributed by atoms with van der Waals surface area (Å²) in [4.78, 5) is 4.79. The second-order valence-corrected chi connectivity index (χ2v) is 6.01. The standard InChI is InChI=1S/C17H22N2/c1-11-8-9-15(13(11)3)18-17-12(2)10-14-6-4-5-7-16(14)19-17/h4-7,10-11,13,15H,8-9H2,1-3H3,(H,18,19). The summed E-state index contributed by atoms with van der Waals surface area (Å²) in [6.07, 6.45) is 2.59. The Labute approximate surface area is 115 Å². The fraction of sp³-hybridized carbons (Fsp3) is 0.471. The van der Waals surface area contributed by atoms with Crippen molar-refractivity contribution in [2.24, 2.45) is 11.8 Å². The van der Waals surface area contributed by atoms with E-state index >= 15 is 0 Å². The van der Waals surface area contributed by atoms with Crippen LogP contribution in [0.15, 0.2) is 30.3 Å². The van der Waals surface area contributed by atoms with Crippen molar-refractivity contribution in [3.8, 4) is 0 Å². The molecule has 1 aromatic carbocycles. The Bertz CT molecular complexity index is 591. The lowest BCUT2D eigenvalue weighted by Crippen LogP contribution is -2.25. The summed E-state index contributed by atoms with van der Waals surface area (Å²) in [5.74, 6) is 2.61. The molecule has 1 aliphatic carbocycles. The number of para-hydroxylation sites is 1. The van der Waals surface area contributed by atoms with E-state index in [0.29, 0.717) is 6.04 Å². The molecule has 2 aromatic rings. The molecule has 1 heterocycles. The van der Waals surface area contributed by atoms with E-state index in [2.05, 4.69) is 56.4 Å². The van der Waals surface area contributed by atoms with E-state index in [9.17, 15) is 0 Å². The van der Waals surface area contributed by atoms with Crippen molar-refractivity contribution in [3.63, 3.8) is 0 Å². The first-order valence-electron chi connectivity index (χ1n) is 7.28. The van der Waals surface area contributed by atoms with Gasteiger partial charge in [-0.25, -0.2) is 4.98 Å². The first kappa shape index (κ1) is 12.5. The topological polar surface area (TPSA) is 24.9 Å². The number of pyridine rings is 1. The lowest BCUT2D eigenvalue weighted by atomic mass is 9.97. The van der Waals surface area contributed by atoms with Gasteiger partial charge in [-0.05, 0) is 49.3 Å². The van der Waals surface area contributed by atoms with E-state index in [0.717, 1.165) is 23.2 Å². The third-order valence-electron chi connectivity index (χ3n) is 4.70. The molecule has 0 amide bonds. The van der Waals surface area contributed by atoms with Crippen LogP contribution in [0.3, 0.4) is 0 Å². The highest BCUT2D eigenvalue weighted by molar-refractivity contribution is 5.81. The van der Waals surface area contributed by atoms with Crippen LogP contribution in [-0.2, 0) is 0 Å². The number of hydrogen-bond donors (Lipinski definition) is 1. The number of nitrogens with one attached hydrogen (secondary N) is 1. The summed E-state index contributed by atoms with van der Waals surface area (Å²) >= 11 is 0. The second-order valence-electron chi connectivity index (χ2n) is 6.01. The van der Waals surface area contributed by atoms with Gasteiger partial charge in [-0.1, -0.05) is 32.0 Å². The lowest BCUT2D eigenvalue weighted by molar-refractivity contribution is 0.435. The highest BCUT2D eigenvalue weighted by atomic mass is 15.0. The molecular weight excluding hydrogens is 232 g/mol. The number of aryl methyl sites for hydroxylation is 1. The summed E-state index contributed by atoms with van der Waals surface area (Å²) in [5, 5.41) is 4.89. The molecule has 0 saturated heterocycles. The molecule has 3 atom stereocenters. The first-order chi connectivity index (χ1) is 9.15. The van der Waals surface area contributed by atoms with Crippen LogP contribution in [0.25, 0.3) is 10.9 Å². The van der Waals surface area contributed by atoms with Gasteiger partial charge in [-0.15, -0.1) is 0 Å². The summed E-state index contributed by atoms with van der Waals surface area (Å²) in [7, 11) is 0. The predicted octanol–water partition coefficient (Wildman–Crippen LogP) is 4.39. The maximum Gasteiger partial charge on any atom is 0.129 e. The van der Waals surface area contributed by atoms with Gasteiger partial charge in [0.1, 0.15) is 5.82 Å². The van der Waals surface area contributed by atoms with Gasteiger partial charge >= 0.3 is 0 Å². The molecule has 1 fully saturated rings. The number of rotatable bonds is 2. The molecule has 2 heteroatoms. The molecule has 2 nitrogen and oxygen atoms in total. The highest BCUT2D eigenvalue weighted by Crippen LogP contribution is 2.33. The SMILES string of the molecule is Cc1cc2ccccc2nc1NC1CCC(C)C1C. The number of benzene rings is 1. The van der Waals surface area contributed by atoms with Crippen LogP contribution in [-0.4, -0.2) is 11.0 Å². The van der Waals surface area contributed by atoms with Gasteiger partial charge in [0.05, 0.1) is 5.52 Å². The predicted molar refractivity (Wildman–Crippen MR) is 81.5 cm³/mol. The van der Waals surface area contributed by atoms with Gasteiger partial charge in [0, 0.05) is 11.4 Å². The molecule has 0 bridgehead atoms. The Morgan fingerprint density at radius 3 is 2.68 bits per heavy atom. The molecule has 100 valence electrons. The molecule has 1 saturated carbocycles. The summed E-state index contributed by atoms with van der Waals surface area (Å²) in [5.41, 5.74) is 2.32. The smallest absolute Gasteiger partial charge is 0.129 e. The second kappa shape index (κ2) is 4.84. The van der Waals surface area contributed by atoms with Crippen molar-refractivity contribution in [1.29, 1.82) is 0 Å². The fourth-order valence-electron chi connectivity index (χ4n) is 3.11. The molecule has 3 unspecified atom stereocenters. The highest BCUT2D eigenvalue weighted by Gasteiger charge is 2.30. The van der Waals surface area contributed by atoms with Gasteiger partial charge in [0.25, 0.3) is 0 Å². The zero-order valence-corrected chi connectivity index (χ0v) is 12.0. The van der Waals surface area contributed by atoms with Crippen molar-refractivity contribution >= 4 is 16.7 Å². The molecular formula is C17H22N2. The quantitative estimate of drug-likeness (QED) is 0.859. The van der Waals surface area contributed by atoms with Gasteiger partial charge in [-0.2, -0.15) is 0 Å². The van der Waals surface area contributed by atoms with Gasteiger partial charge in [-0.3, -0.25) is 0 Å². The van der Waals surface area contributed by atoms with Crippen molar-refractivity contribution in [2.45, 2.75) is 39.7 Å². The van der Waals surface area contributed by atoms with Crippen molar-refractivity contribution in [1.82, 2.24) is 4.98 Å². The van der Waals surface area contributed by atoms with Crippen LogP contribution < -0.4 is 5.32 Å². The van der Waals surface area contributed by atoms with E-state index in [4.69, 9.17) is 4.98 Å². The summed E-state index contributed by atoms with van der Waals surface area (Å²) < 4.78 is 0. The van der Waals surface area contributed by atoms with Crippen LogP contribution in [0.5, 0.6) is 0 Å². The normalized spacial score (nSPS) is 26.8. The van der Waals surface area contributed by atoms with E-state index in [1.807, 2.05) is 0 Å². The number of fused-ring (bicyclic) bond motifs is 1. The summed E-state index contributed by atoms with van der Waals surface area (Å²) in [6.45, 7) is 6.85. The van der Waals surface area contributed by atoms with Gasteiger partial charge in [0.2, 0.25) is 0 Å². The molecule has 0 aliphatic heterocycles. The molecule has 3 rings (SSSR count). The zero-order valence-electron chi connectivity index (χ0n) is 12.0. The Kier molecular flexibility index (Phi) is 3.17. The Hall–Kier alpha value is -1.57. The van der Waals surface area contributed by atoms with Crippen LogP contribution in [0, 0.1) is 18.8 Å². The van der Waals surface area contributed by atoms with Crippen LogP contribution in [0.2, 0.25) is 0 Å². The largest absolute Gasteiger partial charge is 0.367 e. The van der Waals surface area contributed by atoms with E-state index < -0.39 is 0 Å². The molecule has 1 aromatic heterocycles. The Balaban J connectivity index is 1.90. The molecule has 1 aliphatic rings. The monoisotopic (exact) mass is 254 g/mol. The maximum absolute atomic E-state index is 4.79. The fourth-order valence-corrected chi connectivity index (χ4v) is 3.11. The van der Waals surface area contributed by atoms with E-state index in [1.54, 1.807) is 0 Å². The molecule has 1 N–H and O–H groups in total. The average molecular weight is 254 g/mol. The molecule has 0 radical (unpaired) electrons. The number of aromatic nitrogens is 1. The van der Waals surface area contributed by atoms with Crippen molar-refractivity contribution in [3.05, 3.63) is 35.9 Å². The molecule has 19 heavy (non-hydrogen) atoms. The van der Waals surface area contributed by atoms with E-state index in [-0.39, 0.29) is 0 Å². The first-order valence-corrected chi connectivity index (χ1v) is 7.28. The number of hydrogen-bond acceptors (Lipinski definition) is 2. The Morgan fingerprint density at radius 1 is 1.16 bits per heavy atom.